The van der Waals surface area contributed by atoms with Crippen molar-refractivity contribution in [2.24, 2.45) is 0 Å². The fourth-order valence-electron chi connectivity index (χ4n) is 4.87. The van der Waals surface area contributed by atoms with Crippen LogP contribution in [-0.2, 0) is 26.2 Å². The molecule has 0 saturated carbocycles. The van der Waals surface area contributed by atoms with Crippen LogP contribution in [0.5, 0.6) is 0 Å². The predicted octanol–water partition coefficient (Wildman–Crippen LogP) is 4.43. The van der Waals surface area contributed by atoms with Gasteiger partial charge in [-0.1, -0.05) is 30.2 Å². The minimum atomic E-state index is -4.78. The maximum atomic E-state index is 16.3. The second kappa shape index (κ2) is 11.6. The van der Waals surface area contributed by atoms with Gasteiger partial charge in [0.2, 0.25) is 9.84 Å². The molecule has 0 saturated heterocycles. The molecule has 1 N–H and O–H groups in total. The zero-order valence-corrected chi connectivity index (χ0v) is 24.1. The SMILES string of the molecule is C#CCN(Cc1cc2c(=O)[nH]c(C)nc2cc1C)c1ccc(-c2ccccc2C(F)(C=O)S(=O)(=O)c2ccncc2)nc1. The van der Waals surface area contributed by atoms with Gasteiger partial charge in [-0.05, 0) is 61.4 Å². The first-order valence-electron chi connectivity index (χ1n) is 13.1. The van der Waals surface area contributed by atoms with E-state index in [9.17, 15) is 18.0 Å². The van der Waals surface area contributed by atoms with E-state index in [-0.39, 0.29) is 40.1 Å². The van der Waals surface area contributed by atoms with E-state index >= 15 is 4.39 Å². The molecule has 0 fully saturated rings. The van der Waals surface area contributed by atoms with E-state index in [1.165, 1.54) is 36.8 Å². The third-order valence-corrected chi connectivity index (χ3v) is 9.10. The number of aldehydes is 1. The molecule has 2 aromatic carbocycles. The zero-order valence-electron chi connectivity index (χ0n) is 23.3. The number of aromatic nitrogens is 4. The van der Waals surface area contributed by atoms with Crippen LogP contribution in [0.2, 0.25) is 0 Å². The van der Waals surface area contributed by atoms with Gasteiger partial charge in [-0.2, -0.15) is 0 Å². The summed E-state index contributed by atoms with van der Waals surface area (Å²) in [6.45, 7) is 4.23. The van der Waals surface area contributed by atoms with Crippen molar-refractivity contribution in [2.75, 3.05) is 11.4 Å². The normalized spacial score (nSPS) is 12.8. The van der Waals surface area contributed by atoms with Crippen LogP contribution >= 0.6 is 0 Å². The first-order valence-corrected chi connectivity index (χ1v) is 14.6. The summed E-state index contributed by atoms with van der Waals surface area (Å²) >= 11 is 0. The molecule has 0 aliphatic heterocycles. The molecule has 216 valence electrons. The molecule has 1 atom stereocenters. The molecule has 0 aliphatic carbocycles. The van der Waals surface area contributed by atoms with E-state index in [1.54, 1.807) is 31.2 Å². The van der Waals surface area contributed by atoms with E-state index < -0.39 is 14.8 Å². The first kappa shape index (κ1) is 29.3. The molecule has 0 bridgehead atoms. The van der Waals surface area contributed by atoms with Gasteiger partial charge in [0.25, 0.3) is 10.6 Å². The Hall–Kier alpha value is -5.21. The number of nitrogens with one attached hydrogen (secondary N) is 1. The minimum absolute atomic E-state index is 0.136. The van der Waals surface area contributed by atoms with E-state index in [1.807, 2.05) is 17.9 Å². The highest BCUT2D eigenvalue weighted by molar-refractivity contribution is 7.93. The number of pyridine rings is 2. The highest BCUT2D eigenvalue weighted by Crippen LogP contribution is 2.40. The summed E-state index contributed by atoms with van der Waals surface area (Å²) in [5.41, 5.74) is 2.82. The van der Waals surface area contributed by atoms with Gasteiger partial charge in [0.1, 0.15) is 5.82 Å². The van der Waals surface area contributed by atoms with Gasteiger partial charge in [0, 0.05) is 30.1 Å². The van der Waals surface area contributed by atoms with Crippen LogP contribution in [0.25, 0.3) is 22.2 Å². The number of hydrogen-bond donors (Lipinski definition) is 1. The van der Waals surface area contributed by atoms with Gasteiger partial charge >= 0.3 is 0 Å². The highest BCUT2D eigenvalue weighted by Gasteiger charge is 2.48. The molecule has 5 aromatic rings. The lowest BCUT2D eigenvalue weighted by atomic mass is 10.00. The van der Waals surface area contributed by atoms with Crippen LogP contribution in [0.4, 0.5) is 10.1 Å². The fraction of sp³-hybridized carbons (Fsp3) is 0.156. The van der Waals surface area contributed by atoms with Crippen LogP contribution < -0.4 is 10.5 Å². The summed E-state index contributed by atoms with van der Waals surface area (Å²) < 4.78 is 42.9. The lowest BCUT2D eigenvalue weighted by Gasteiger charge is -2.24. The molecule has 0 radical (unpaired) electrons. The topological polar surface area (TPSA) is 126 Å². The van der Waals surface area contributed by atoms with E-state index in [2.05, 4.69) is 25.9 Å². The van der Waals surface area contributed by atoms with Crippen LogP contribution in [-0.4, -0.2) is 41.2 Å². The van der Waals surface area contributed by atoms with E-state index in [0.29, 0.717) is 29.0 Å². The molecular weight excluding hydrogens is 569 g/mol. The fourth-order valence-corrected chi connectivity index (χ4v) is 6.29. The number of fused-ring (bicyclic) bond motifs is 1. The quantitative estimate of drug-likeness (QED) is 0.196. The van der Waals surface area contributed by atoms with E-state index in [0.717, 1.165) is 23.3 Å². The molecule has 1 unspecified atom stereocenters. The Kier molecular flexibility index (Phi) is 7.89. The Balaban J connectivity index is 1.51. The molecule has 9 nitrogen and oxygen atoms in total. The van der Waals surface area contributed by atoms with Crippen molar-refractivity contribution in [2.45, 2.75) is 30.3 Å². The van der Waals surface area contributed by atoms with Crippen molar-refractivity contribution in [1.82, 2.24) is 19.9 Å². The van der Waals surface area contributed by atoms with Crippen molar-refractivity contribution in [3.63, 3.8) is 0 Å². The largest absolute Gasteiger partial charge is 0.355 e. The number of halogens is 1. The lowest BCUT2D eigenvalue weighted by molar-refractivity contribution is -0.114. The van der Waals surface area contributed by atoms with Crippen LogP contribution in [0.3, 0.4) is 0 Å². The number of carbonyl (C=O) groups excluding carboxylic acids is 1. The summed E-state index contributed by atoms with van der Waals surface area (Å²) in [7, 11) is -4.78. The Morgan fingerprint density at radius 3 is 2.51 bits per heavy atom. The molecule has 0 amide bonds. The van der Waals surface area contributed by atoms with Crippen molar-refractivity contribution in [3.05, 3.63) is 112 Å². The van der Waals surface area contributed by atoms with Gasteiger partial charge in [-0.15, -0.1) is 6.42 Å². The number of carbonyl (C=O) groups is 1. The summed E-state index contributed by atoms with van der Waals surface area (Å²) in [5.74, 6) is 3.16. The minimum Gasteiger partial charge on any atom is -0.355 e. The van der Waals surface area contributed by atoms with Gasteiger partial charge < -0.3 is 9.88 Å². The maximum Gasteiger partial charge on any atom is 0.294 e. The van der Waals surface area contributed by atoms with Gasteiger partial charge in [-0.3, -0.25) is 19.6 Å². The highest BCUT2D eigenvalue weighted by atomic mass is 32.2. The molecule has 43 heavy (non-hydrogen) atoms. The number of H-pyrrole nitrogens is 1. The average molecular weight is 596 g/mol. The van der Waals surface area contributed by atoms with Gasteiger partial charge in [0.15, 0.2) is 6.29 Å². The number of aromatic amines is 1. The third kappa shape index (κ3) is 5.40. The van der Waals surface area contributed by atoms with Crippen LogP contribution in [0, 0.1) is 26.2 Å². The molecule has 11 heteroatoms. The Morgan fingerprint density at radius 1 is 1.09 bits per heavy atom. The molecule has 3 aromatic heterocycles. The van der Waals surface area contributed by atoms with Crippen LogP contribution in [0.1, 0.15) is 22.5 Å². The Labute approximate surface area is 247 Å². The Morgan fingerprint density at radius 2 is 1.84 bits per heavy atom. The number of aryl methyl sites for hydroxylation is 2. The number of sulfone groups is 1. The molecular formula is C32H26FN5O4S. The first-order chi connectivity index (χ1) is 20.6. The van der Waals surface area contributed by atoms with E-state index in [4.69, 9.17) is 6.42 Å². The maximum absolute atomic E-state index is 16.3. The van der Waals surface area contributed by atoms with Crippen molar-refractivity contribution in [1.29, 1.82) is 0 Å². The average Bonchev–Trinajstić information content (AvgIpc) is 3.01. The second-order valence-electron chi connectivity index (χ2n) is 9.90. The number of hydrogen-bond acceptors (Lipinski definition) is 8. The smallest absolute Gasteiger partial charge is 0.294 e. The van der Waals surface area contributed by atoms with Crippen molar-refractivity contribution >= 4 is 32.7 Å². The second-order valence-corrected chi connectivity index (χ2v) is 12.0. The van der Waals surface area contributed by atoms with Gasteiger partial charge in [0.05, 0.1) is 39.9 Å². The molecule has 3 heterocycles. The zero-order chi connectivity index (χ0) is 30.8. The van der Waals surface area contributed by atoms with Crippen LogP contribution in [0.15, 0.2) is 88.9 Å². The Bertz CT molecular complexity index is 2040. The third-order valence-electron chi connectivity index (χ3n) is 7.11. The predicted molar refractivity (Wildman–Crippen MR) is 162 cm³/mol. The number of nitrogens with zero attached hydrogens (tertiary/aromatic N) is 4. The molecule has 5 rings (SSSR count). The number of anilines is 1. The van der Waals surface area contributed by atoms with Crippen molar-refractivity contribution < 1.29 is 17.6 Å². The summed E-state index contributed by atoms with van der Waals surface area (Å²) in [5, 5.41) is -2.91. The number of alkyl halides is 1. The number of rotatable bonds is 9. The summed E-state index contributed by atoms with van der Waals surface area (Å²) in [6.07, 6.45) is 9.42. The monoisotopic (exact) mass is 595 g/mol. The van der Waals surface area contributed by atoms with Crippen molar-refractivity contribution in [3.8, 4) is 23.6 Å². The molecule has 0 aliphatic rings. The standard InChI is InChI=1S/C32H26FN5O4S/c1-4-15-38(19-23-17-27-30(16-21(23)2)36-22(3)37-31(27)40)24-9-10-29(35-18-24)26-7-5-6-8-28(26)32(33,20-39)43(41,42)25-11-13-34-14-12-25/h1,5-14,16-18,20H,15,19H2,2-3H3,(H,36,37,40). The lowest BCUT2D eigenvalue weighted by Crippen LogP contribution is -2.33. The molecule has 0 spiro atoms. The number of benzene rings is 2. The summed E-state index contributed by atoms with van der Waals surface area (Å²) in [4.78, 5) is 41.6. The number of terminal acetylenes is 1. The van der Waals surface area contributed by atoms with Gasteiger partial charge in [-0.25, -0.2) is 17.8 Å². The summed E-state index contributed by atoms with van der Waals surface area (Å²) in [6, 6.07) is 15.1.